The first-order chi connectivity index (χ1) is 8.58. The molecule has 0 radical (unpaired) electrons. The SMILES string of the molecule is Cc1c(F)cccc1NC(=O)c1cncc(Br)c1. The Balaban J connectivity index is 2.24. The van der Waals surface area contributed by atoms with Crippen LogP contribution in [-0.2, 0) is 0 Å². The molecule has 0 spiro atoms. The predicted molar refractivity (Wildman–Crippen MR) is 71.0 cm³/mol. The first-order valence-corrected chi connectivity index (χ1v) is 6.04. The van der Waals surface area contributed by atoms with E-state index < -0.39 is 0 Å². The lowest BCUT2D eigenvalue weighted by Gasteiger charge is -2.08. The van der Waals surface area contributed by atoms with Gasteiger partial charge in [-0.05, 0) is 41.1 Å². The van der Waals surface area contributed by atoms with Crippen LogP contribution in [0.1, 0.15) is 15.9 Å². The molecule has 0 fully saturated rings. The zero-order chi connectivity index (χ0) is 13.1. The van der Waals surface area contributed by atoms with Crippen molar-refractivity contribution < 1.29 is 9.18 Å². The quantitative estimate of drug-likeness (QED) is 0.922. The Morgan fingerprint density at radius 1 is 1.39 bits per heavy atom. The zero-order valence-corrected chi connectivity index (χ0v) is 11.2. The average molecular weight is 309 g/mol. The lowest BCUT2D eigenvalue weighted by molar-refractivity contribution is 0.102. The first-order valence-electron chi connectivity index (χ1n) is 5.25. The highest BCUT2D eigenvalue weighted by molar-refractivity contribution is 9.10. The Morgan fingerprint density at radius 3 is 2.89 bits per heavy atom. The molecular formula is C13H10BrFN2O. The van der Waals surface area contributed by atoms with Crippen molar-refractivity contribution in [2.24, 2.45) is 0 Å². The summed E-state index contributed by atoms with van der Waals surface area (Å²) in [6, 6.07) is 6.21. The highest BCUT2D eigenvalue weighted by Gasteiger charge is 2.10. The van der Waals surface area contributed by atoms with E-state index in [1.54, 1.807) is 31.3 Å². The lowest BCUT2D eigenvalue weighted by Crippen LogP contribution is -2.13. The second-order valence-electron chi connectivity index (χ2n) is 3.76. The zero-order valence-electron chi connectivity index (χ0n) is 9.58. The molecule has 0 unspecified atom stereocenters. The Bertz CT molecular complexity index is 601. The van der Waals surface area contributed by atoms with Crippen LogP contribution in [0.3, 0.4) is 0 Å². The molecule has 0 saturated carbocycles. The van der Waals surface area contributed by atoms with Crippen LogP contribution in [0.4, 0.5) is 10.1 Å². The van der Waals surface area contributed by atoms with Gasteiger partial charge in [-0.25, -0.2) is 4.39 Å². The number of carbonyl (C=O) groups excluding carboxylic acids is 1. The number of benzene rings is 1. The fourth-order valence-corrected chi connectivity index (χ4v) is 1.84. The fourth-order valence-electron chi connectivity index (χ4n) is 1.47. The van der Waals surface area contributed by atoms with Gasteiger partial charge >= 0.3 is 0 Å². The fraction of sp³-hybridized carbons (Fsp3) is 0.0769. The van der Waals surface area contributed by atoms with Crippen LogP contribution in [0, 0.1) is 12.7 Å². The molecule has 1 N–H and O–H groups in total. The monoisotopic (exact) mass is 308 g/mol. The van der Waals surface area contributed by atoms with Crippen molar-refractivity contribution in [1.29, 1.82) is 0 Å². The minimum atomic E-state index is -0.347. The standard InChI is InChI=1S/C13H10BrFN2O/c1-8-11(15)3-2-4-12(8)17-13(18)9-5-10(14)7-16-6-9/h2-7H,1H3,(H,17,18). The van der Waals surface area contributed by atoms with E-state index in [-0.39, 0.29) is 11.7 Å². The number of halogens is 2. The number of rotatable bonds is 2. The molecule has 0 atom stereocenters. The molecule has 2 aromatic rings. The van der Waals surface area contributed by atoms with Crippen molar-refractivity contribution in [3.05, 3.63) is 58.1 Å². The van der Waals surface area contributed by atoms with E-state index in [0.717, 1.165) is 0 Å². The number of amides is 1. The van der Waals surface area contributed by atoms with Gasteiger partial charge < -0.3 is 5.32 Å². The summed E-state index contributed by atoms with van der Waals surface area (Å²) >= 11 is 3.24. The minimum absolute atomic E-state index is 0.322. The molecule has 0 aliphatic rings. The van der Waals surface area contributed by atoms with Crippen LogP contribution >= 0.6 is 15.9 Å². The number of hydrogen-bond donors (Lipinski definition) is 1. The average Bonchev–Trinajstić information content (AvgIpc) is 2.35. The molecule has 0 saturated heterocycles. The van der Waals surface area contributed by atoms with Crippen molar-refractivity contribution in [2.45, 2.75) is 6.92 Å². The van der Waals surface area contributed by atoms with E-state index >= 15 is 0 Å². The Morgan fingerprint density at radius 2 is 2.17 bits per heavy atom. The highest BCUT2D eigenvalue weighted by atomic mass is 79.9. The summed E-state index contributed by atoms with van der Waals surface area (Å²) < 4.78 is 14.0. The van der Waals surface area contributed by atoms with E-state index in [1.807, 2.05) is 0 Å². The molecule has 1 amide bonds. The summed E-state index contributed by atoms with van der Waals surface area (Å²) in [5, 5.41) is 2.65. The summed E-state index contributed by atoms with van der Waals surface area (Å²) in [7, 11) is 0. The molecule has 0 aliphatic carbocycles. The van der Waals surface area contributed by atoms with E-state index in [9.17, 15) is 9.18 Å². The first kappa shape index (κ1) is 12.7. The van der Waals surface area contributed by atoms with Crippen LogP contribution in [0.15, 0.2) is 41.1 Å². The van der Waals surface area contributed by atoms with Gasteiger partial charge in [0.2, 0.25) is 0 Å². The van der Waals surface area contributed by atoms with Crippen molar-refractivity contribution in [2.75, 3.05) is 5.32 Å². The third kappa shape index (κ3) is 2.73. The lowest BCUT2D eigenvalue weighted by atomic mass is 10.2. The van der Waals surface area contributed by atoms with Gasteiger partial charge in [-0.1, -0.05) is 6.07 Å². The van der Waals surface area contributed by atoms with Crippen LogP contribution < -0.4 is 5.32 Å². The van der Waals surface area contributed by atoms with Gasteiger partial charge in [-0.15, -0.1) is 0 Å². The molecule has 5 heteroatoms. The topological polar surface area (TPSA) is 42.0 Å². The number of nitrogens with one attached hydrogen (secondary N) is 1. The van der Waals surface area contributed by atoms with Gasteiger partial charge in [0, 0.05) is 28.1 Å². The maximum Gasteiger partial charge on any atom is 0.257 e. The van der Waals surface area contributed by atoms with Gasteiger partial charge in [0.15, 0.2) is 0 Å². The molecule has 18 heavy (non-hydrogen) atoms. The van der Waals surface area contributed by atoms with E-state index in [1.165, 1.54) is 12.3 Å². The Kier molecular flexibility index (Phi) is 3.72. The molecule has 0 bridgehead atoms. The maximum atomic E-state index is 13.3. The molecular weight excluding hydrogens is 299 g/mol. The summed E-state index contributed by atoms with van der Waals surface area (Å²) in [6.45, 7) is 1.62. The highest BCUT2D eigenvalue weighted by Crippen LogP contribution is 2.18. The van der Waals surface area contributed by atoms with Gasteiger partial charge in [-0.2, -0.15) is 0 Å². The normalized spacial score (nSPS) is 10.2. The van der Waals surface area contributed by atoms with Crippen LogP contribution in [-0.4, -0.2) is 10.9 Å². The minimum Gasteiger partial charge on any atom is -0.322 e. The number of nitrogens with zero attached hydrogens (tertiary/aromatic N) is 1. The number of hydrogen-bond acceptors (Lipinski definition) is 2. The summed E-state index contributed by atoms with van der Waals surface area (Å²) in [5.41, 5.74) is 1.28. The second-order valence-corrected chi connectivity index (χ2v) is 4.67. The molecule has 92 valence electrons. The summed E-state index contributed by atoms with van der Waals surface area (Å²) in [6.07, 6.45) is 3.04. The van der Waals surface area contributed by atoms with Gasteiger partial charge in [0.25, 0.3) is 5.91 Å². The van der Waals surface area contributed by atoms with E-state index in [2.05, 4.69) is 26.2 Å². The second kappa shape index (κ2) is 5.27. The van der Waals surface area contributed by atoms with Crippen LogP contribution in [0.5, 0.6) is 0 Å². The van der Waals surface area contributed by atoms with E-state index in [4.69, 9.17) is 0 Å². The largest absolute Gasteiger partial charge is 0.322 e. The Labute approximate surface area is 112 Å². The summed E-state index contributed by atoms with van der Waals surface area (Å²) in [4.78, 5) is 15.8. The number of pyridine rings is 1. The maximum absolute atomic E-state index is 13.3. The van der Waals surface area contributed by atoms with Crippen molar-refractivity contribution >= 4 is 27.5 Å². The molecule has 2 rings (SSSR count). The van der Waals surface area contributed by atoms with Gasteiger partial charge in [-0.3, -0.25) is 9.78 Å². The number of aromatic nitrogens is 1. The number of anilines is 1. The molecule has 0 aliphatic heterocycles. The van der Waals surface area contributed by atoms with Gasteiger partial charge in [0.1, 0.15) is 5.82 Å². The van der Waals surface area contributed by atoms with Crippen molar-refractivity contribution in [3.8, 4) is 0 Å². The third-order valence-corrected chi connectivity index (χ3v) is 2.92. The molecule has 1 heterocycles. The predicted octanol–water partition coefficient (Wildman–Crippen LogP) is 3.54. The van der Waals surface area contributed by atoms with Crippen LogP contribution in [0.25, 0.3) is 0 Å². The molecule has 1 aromatic carbocycles. The van der Waals surface area contributed by atoms with Crippen LogP contribution in [0.2, 0.25) is 0 Å². The molecule has 3 nitrogen and oxygen atoms in total. The Hall–Kier alpha value is -1.75. The van der Waals surface area contributed by atoms with E-state index in [0.29, 0.717) is 21.3 Å². The van der Waals surface area contributed by atoms with Crippen molar-refractivity contribution in [1.82, 2.24) is 4.98 Å². The number of carbonyl (C=O) groups is 1. The molecule has 1 aromatic heterocycles. The summed E-state index contributed by atoms with van der Waals surface area (Å²) in [5.74, 6) is -0.669. The van der Waals surface area contributed by atoms with Crippen molar-refractivity contribution in [3.63, 3.8) is 0 Å². The smallest absolute Gasteiger partial charge is 0.257 e. The third-order valence-electron chi connectivity index (χ3n) is 2.48. The van der Waals surface area contributed by atoms with Gasteiger partial charge in [0.05, 0.1) is 5.56 Å².